The van der Waals surface area contributed by atoms with E-state index in [9.17, 15) is 4.79 Å². The van der Waals surface area contributed by atoms with E-state index in [0.717, 1.165) is 8.95 Å². The van der Waals surface area contributed by atoms with Crippen molar-refractivity contribution in [3.63, 3.8) is 0 Å². The predicted octanol–water partition coefficient (Wildman–Crippen LogP) is 5.54. The van der Waals surface area contributed by atoms with Gasteiger partial charge in [-0.3, -0.25) is 4.79 Å². The molecule has 1 aromatic carbocycles. The second-order valence-corrected chi connectivity index (χ2v) is 6.94. The first-order valence-electron chi connectivity index (χ1n) is 6.37. The second-order valence-electron chi connectivity index (χ2n) is 4.22. The van der Waals surface area contributed by atoms with Crippen molar-refractivity contribution < 1.29 is 19.4 Å². The molecule has 0 spiro atoms. The van der Waals surface area contributed by atoms with E-state index in [4.69, 9.17) is 37.8 Å². The van der Waals surface area contributed by atoms with Crippen LogP contribution in [-0.4, -0.2) is 24.3 Å². The first-order chi connectivity index (χ1) is 10.4. The third-order valence-electron chi connectivity index (χ3n) is 2.49. The van der Waals surface area contributed by atoms with Gasteiger partial charge >= 0.3 is 5.97 Å². The molecule has 8 heteroatoms. The van der Waals surface area contributed by atoms with Crippen LogP contribution in [0.5, 0.6) is 11.5 Å². The minimum atomic E-state index is -0.796. The molecule has 1 N–H and O–H groups in total. The SMILES string of the molecule is O=C(O)CCCCOc1c(Br)cc(OCC=C(Cl)Cl)cc1Br. The van der Waals surface area contributed by atoms with E-state index in [1.165, 1.54) is 6.08 Å². The maximum absolute atomic E-state index is 10.4. The lowest BCUT2D eigenvalue weighted by atomic mass is 10.2. The molecule has 0 aliphatic rings. The topological polar surface area (TPSA) is 55.8 Å². The van der Waals surface area contributed by atoms with Crippen molar-refractivity contribution in [3.8, 4) is 11.5 Å². The number of halogens is 4. The van der Waals surface area contributed by atoms with Gasteiger partial charge in [-0.05, 0) is 62.9 Å². The number of rotatable bonds is 9. The summed E-state index contributed by atoms with van der Waals surface area (Å²) < 4.78 is 12.7. The van der Waals surface area contributed by atoms with Crippen molar-refractivity contribution in [2.24, 2.45) is 0 Å². The van der Waals surface area contributed by atoms with Gasteiger partial charge in [0, 0.05) is 6.42 Å². The molecular weight excluding hydrogens is 463 g/mol. The number of benzene rings is 1. The number of unbranched alkanes of at least 4 members (excludes halogenated alkanes) is 1. The Kier molecular flexibility index (Phi) is 9.24. The molecule has 0 saturated carbocycles. The van der Waals surface area contributed by atoms with E-state index in [0.29, 0.717) is 30.9 Å². The van der Waals surface area contributed by atoms with Gasteiger partial charge in [-0.2, -0.15) is 0 Å². The van der Waals surface area contributed by atoms with Crippen LogP contribution in [-0.2, 0) is 4.79 Å². The summed E-state index contributed by atoms with van der Waals surface area (Å²) in [4.78, 5) is 10.4. The number of aliphatic carboxylic acids is 1. The van der Waals surface area contributed by atoms with Crippen molar-refractivity contribution in [2.75, 3.05) is 13.2 Å². The van der Waals surface area contributed by atoms with Crippen LogP contribution in [0.3, 0.4) is 0 Å². The highest BCUT2D eigenvalue weighted by Crippen LogP contribution is 2.37. The van der Waals surface area contributed by atoms with Crippen molar-refractivity contribution in [3.05, 3.63) is 31.6 Å². The van der Waals surface area contributed by atoms with Crippen molar-refractivity contribution in [1.82, 2.24) is 0 Å². The van der Waals surface area contributed by atoms with Crippen LogP contribution in [0.2, 0.25) is 0 Å². The summed E-state index contributed by atoms with van der Waals surface area (Å²) in [5.74, 6) is 0.478. The minimum absolute atomic E-state index is 0.148. The summed E-state index contributed by atoms with van der Waals surface area (Å²) >= 11 is 17.8. The molecular formula is C14H14Br2Cl2O4. The second kappa shape index (κ2) is 10.4. The zero-order valence-electron chi connectivity index (χ0n) is 11.5. The summed E-state index contributed by atoms with van der Waals surface area (Å²) in [7, 11) is 0. The maximum Gasteiger partial charge on any atom is 0.303 e. The highest BCUT2D eigenvalue weighted by atomic mass is 79.9. The number of carboxylic acid groups (broad SMARTS) is 1. The summed E-state index contributed by atoms with van der Waals surface area (Å²) in [5.41, 5.74) is 0. The zero-order valence-corrected chi connectivity index (χ0v) is 16.1. The van der Waals surface area contributed by atoms with Crippen LogP contribution in [0.25, 0.3) is 0 Å². The Labute approximate surface area is 155 Å². The Morgan fingerprint density at radius 1 is 1.18 bits per heavy atom. The summed E-state index contributed by atoms with van der Waals surface area (Å²) in [5, 5.41) is 8.56. The van der Waals surface area contributed by atoms with E-state index in [1.54, 1.807) is 12.1 Å². The van der Waals surface area contributed by atoms with Crippen LogP contribution >= 0.6 is 55.1 Å². The molecule has 0 atom stereocenters. The van der Waals surface area contributed by atoms with Crippen LogP contribution in [0.15, 0.2) is 31.6 Å². The third kappa shape index (κ3) is 7.72. The summed E-state index contributed by atoms with van der Waals surface area (Å²) in [6.45, 7) is 0.700. The van der Waals surface area contributed by atoms with Gasteiger partial charge in [-0.1, -0.05) is 23.2 Å². The van der Waals surface area contributed by atoms with Crippen LogP contribution in [0.4, 0.5) is 0 Å². The average Bonchev–Trinajstić information content (AvgIpc) is 2.40. The maximum atomic E-state index is 10.4. The Morgan fingerprint density at radius 3 is 2.36 bits per heavy atom. The smallest absolute Gasteiger partial charge is 0.303 e. The standard InChI is InChI=1S/C14H14Br2Cl2O4/c15-10-7-9(21-6-4-12(17)18)8-11(16)14(10)22-5-2-1-3-13(19)20/h4,7-8H,1-3,5-6H2,(H,19,20). The lowest BCUT2D eigenvalue weighted by Gasteiger charge is -2.12. The number of hydrogen-bond acceptors (Lipinski definition) is 3. The van der Waals surface area contributed by atoms with Gasteiger partial charge in [0.1, 0.15) is 22.6 Å². The van der Waals surface area contributed by atoms with Gasteiger partial charge in [-0.15, -0.1) is 0 Å². The summed E-state index contributed by atoms with van der Waals surface area (Å²) in [6, 6.07) is 3.54. The van der Waals surface area contributed by atoms with Crippen LogP contribution in [0, 0.1) is 0 Å². The minimum Gasteiger partial charge on any atom is -0.491 e. The normalized spacial score (nSPS) is 10.2. The molecule has 0 fully saturated rings. The Morgan fingerprint density at radius 2 is 1.82 bits per heavy atom. The van der Waals surface area contributed by atoms with E-state index in [-0.39, 0.29) is 17.5 Å². The quantitative estimate of drug-likeness (QED) is 0.475. The van der Waals surface area contributed by atoms with Crippen LogP contribution in [0.1, 0.15) is 19.3 Å². The molecule has 0 radical (unpaired) electrons. The molecule has 0 unspecified atom stereocenters. The van der Waals surface area contributed by atoms with Crippen molar-refractivity contribution in [2.45, 2.75) is 19.3 Å². The fourth-order valence-corrected chi connectivity index (χ4v) is 3.01. The van der Waals surface area contributed by atoms with E-state index in [1.807, 2.05) is 0 Å². The fraction of sp³-hybridized carbons (Fsp3) is 0.357. The Bertz CT molecular complexity index is 523. The Hall–Kier alpha value is -0.430. The van der Waals surface area contributed by atoms with Gasteiger partial charge in [-0.25, -0.2) is 0 Å². The molecule has 0 aliphatic carbocycles. The monoisotopic (exact) mass is 474 g/mol. The third-order valence-corrected chi connectivity index (χ3v) is 3.98. The largest absolute Gasteiger partial charge is 0.491 e. The highest BCUT2D eigenvalue weighted by molar-refractivity contribution is 9.11. The zero-order chi connectivity index (χ0) is 16.5. The van der Waals surface area contributed by atoms with Crippen molar-refractivity contribution >= 4 is 61.0 Å². The van der Waals surface area contributed by atoms with E-state index in [2.05, 4.69) is 31.9 Å². The van der Waals surface area contributed by atoms with Gasteiger partial charge in [0.2, 0.25) is 0 Å². The first-order valence-corrected chi connectivity index (χ1v) is 8.72. The molecule has 1 aromatic rings. The average molecular weight is 477 g/mol. The number of ether oxygens (including phenoxy) is 2. The lowest BCUT2D eigenvalue weighted by molar-refractivity contribution is -0.137. The molecule has 0 aromatic heterocycles. The molecule has 0 heterocycles. The molecule has 0 saturated heterocycles. The number of carboxylic acids is 1. The Balaban J connectivity index is 2.54. The van der Waals surface area contributed by atoms with Gasteiger partial charge in [0.05, 0.1) is 15.6 Å². The van der Waals surface area contributed by atoms with Crippen LogP contribution < -0.4 is 9.47 Å². The van der Waals surface area contributed by atoms with Crippen molar-refractivity contribution in [1.29, 1.82) is 0 Å². The molecule has 4 nitrogen and oxygen atoms in total. The summed E-state index contributed by atoms with van der Waals surface area (Å²) in [6.07, 6.45) is 2.94. The molecule has 122 valence electrons. The molecule has 0 aliphatic heterocycles. The van der Waals surface area contributed by atoms with Gasteiger partial charge < -0.3 is 14.6 Å². The molecule has 1 rings (SSSR count). The molecule has 0 bridgehead atoms. The molecule has 22 heavy (non-hydrogen) atoms. The fourth-order valence-electron chi connectivity index (χ4n) is 1.51. The number of carbonyl (C=O) groups is 1. The highest BCUT2D eigenvalue weighted by Gasteiger charge is 2.10. The van der Waals surface area contributed by atoms with E-state index < -0.39 is 5.97 Å². The predicted molar refractivity (Wildman–Crippen MR) is 94.1 cm³/mol. The van der Waals surface area contributed by atoms with Gasteiger partial charge in [0.25, 0.3) is 0 Å². The number of hydrogen-bond donors (Lipinski definition) is 1. The lowest BCUT2D eigenvalue weighted by Crippen LogP contribution is -2.02. The van der Waals surface area contributed by atoms with E-state index >= 15 is 0 Å². The first kappa shape index (κ1) is 19.6. The molecule has 0 amide bonds. The van der Waals surface area contributed by atoms with Gasteiger partial charge in [0.15, 0.2) is 0 Å².